The van der Waals surface area contributed by atoms with Gasteiger partial charge in [-0.15, -0.1) is 0 Å². The molecular formula is C28H29N5O6S. The van der Waals surface area contributed by atoms with Gasteiger partial charge in [0.15, 0.2) is 5.13 Å². The molecule has 12 heteroatoms. The molecule has 0 atom stereocenters. The first-order chi connectivity index (χ1) is 19.3. The Morgan fingerprint density at radius 1 is 1.05 bits per heavy atom. The number of thiazole rings is 1. The summed E-state index contributed by atoms with van der Waals surface area (Å²) in [4.78, 5) is 46.2. The number of methoxy groups -OCH3 is 1. The minimum Gasteiger partial charge on any atom is -0.497 e. The van der Waals surface area contributed by atoms with Gasteiger partial charge in [-0.2, -0.15) is 4.98 Å². The summed E-state index contributed by atoms with van der Waals surface area (Å²) in [6.07, 6.45) is 1.46. The second kappa shape index (κ2) is 13.5. The number of ether oxygens (including phenoxy) is 2. The summed E-state index contributed by atoms with van der Waals surface area (Å²) in [5.41, 5.74) is 2.65. The van der Waals surface area contributed by atoms with Crippen molar-refractivity contribution in [1.82, 2.24) is 20.4 Å². The van der Waals surface area contributed by atoms with Crippen molar-refractivity contribution in [2.45, 2.75) is 33.1 Å². The number of rotatable bonds is 12. The maximum Gasteiger partial charge on any atom is 0.350 e. The van der Waals surface area contributed by atoms with E-state index in [0.29, 0.717) is 45.0 Å². The van der Waals surface area contributed by atoms with E-state index in [-0.39, 0.29) is 31.4 Å². The van der Waals surface area contributed by atoms with E-state index in [9.17, 15) is 14.4 Å². The van der Waals surface area contributed by atoms with Crippen LogP contribution in [0, 0.1) is 13.8 Å². The van der Waals surface area contributed by atoms with Crippen LogP contribution in [0.4, 0.5) is 5.13 Å². The fraction of sp³-hybridized carbons (Fsp3) is 0.286. The zero-order valence-corrected chi connectivity index (χ0v) is 23.2. The smallest absolute Gasteiger partial charge is 0.350 e. The largest absolute Gasteiger partial charge is 0.497 e. The Hall–Kier alpha value is -4.58. The van der Waals surface area contributed by atoms with Crippen molar-refractivity contribution in [3.8, 4) is 17.1 Å². The quantitative estimate of drug-likeness (QED) is 0.190. The number of aromatic nitrogens is 3. The summed E-state index contributed by atoms with van der Waals surface area (Å²) in [7, 11) is 1.62. The predicted molar refractivity (Wildman–Crippen MR) is 148 cm³/mol. The van der Waals surface area contributed by atoms with E-state index in [1.165, 1.54) is 0 Å². The van der Waals surface area contributed by atoms with Crippen LogP contribution in [0.1, 0.15) is 50.0 Å². The van der Waals surface area contributed by atoms with E-state index in [1.807, 2.05) is 24.3 Å². The van der Waals surface area contributed by atoms with Crippen LogP contribution in [-0.2, 0) is 16.0 Å². The number of amides is 2. The van der Waals surface area contributed by atoms with E-state index in [1.54, 1.807) is 45.2 Å². The molecule has 0 spiro atoms. The molecule has 11 nitrogen and oxygen atoms in total. The highest BCUT2D eigenvalue weighted by molar-refractivity contribution is 7.17. The van der Waals surface area contributed by atoms with Crippen molar-refractivity contribution in [1.29, 1.82) is 0 Å². The van der Waals surface area contributed by atoms with E-state index in [0.717, 1.165) is 29.1 Å². The van der Waals surface area contributed by atoms with E-state index in [2.05, 4.69) is 25.8 Å². The predicted octanol–water partition coefficient (Wildman–Crippen LogP) is 4.37. The highest BCUT2D eigenvalue weighted by Gasteiger charge is 2.18. The van der Waals surface area contributed by atoms with Gasteiger partial charge in [0, 0.05) is 31.0 Å². The summed E-state index contributed by atoms with van der Waals surface area (Å²) in [6, 6.07) is 14.5. The normalized spacial score (nSPS) is 10.7. The van der Waals surface area contributed by atoms with Gasteiger partial charge in [0.1, 0.15) is 10.6 Å². The second-order valence-electron chi connectivity index (χ2n) is 8.79. The van der Waals surface area contributed by atoms with E-state index >= 15 is 0 Å². The lowest BCUT2D eigenvalue weighted by molar-refractivity contribution is -0.116. The van der Waals surface area contributed by atoms with Crippen molar-refractivity contribution in [2.75, 3.05) is 25.6 Å². The second-order valence-corrected chi connectivity index (χ2v) is 9.79. The minimum atomic E-state index is -0.476. The van der Waals surface area contributed by atoms with Crippen LogP contribution in [0.5, 0.6) is 5.75 Å². The summed E-state index contributed by atoms with van der Waals surface area (Å²) in [5, 5.41) is 9.54. The molecule has 4 aromatic rings. The fourth-order valence-electron chi connectivity index (χ4n) is 3.73. The van der Waals surface area contributed by atoms with Crippen molar-refractivity contribution >= 4 is 34.3 Å². The first-order valence-electron chi connectivity index (χ1n) is 12.6. The molecule has 2 heterocycles. The van der Waals surface area contributed by atoms with Gasteiger partial charge >= 0.3 is 5.97 Å². The fourth-order valence-corrected chi connectivity index (χ4v) is 4.60. The van der Waals surface area contributed by atoms with Crippen molar-refractivity contribution < 1.29 is 28.4 Å². The van der Waals surface area contributed by atoms with E-state index < -0.39 is 5.97 Å². The third-order valence-corrected chi connectivity index (χ3v) is 6.83. The number of carbonyl (C=O) groups is 3. The lowest BCUT2D eigenvalue weighted by atomic mass is 10.1. The molecule has 2 amide bonds. The molecule has 0 aliphatic rings. The molecule has 2 N–H and O–H groups in total. The van der Waals surface area contributed by atoms with Gasteiger partial charge in [0.05, 0.1) is 19.4 Å². The lowest BCUT2D eigenvalue weighted by Crippen LogP contribution is -2.27. The number of aryl methyl sites for hydroxylation is 3. The number of hydrogen-bond acceptors (Lipinski definition) is 10. The molecular weight excluding hydrogens is 534 g/mol. The van der Waals surface area contributed by atoms with Gasteiger partial charge in [0.25, 0.3) is 5.91 Å². The molecule has 0 fully saturated rings. The summed E-state index contributed by atoms with van der Waals surface area (Å²) in [6.45, 7) is 3.75. The Morgan fingerprint density at radius 2 is 1.85 bits per heavy atom. The van der Waals surface area contributed by atoms with Crippen LogP contribution in [0.3, 0.4) is 0 Å². The van der Waals surface area contributed by atoms with Gasteiger partial charge in [0.2, 0.25) is 17.6 Å². The van der Waals surface area contributed by atoms with Crippen LogP contribution in [0.15, 0.2) is 53.1 Å². The average Bonchev–Trinajstić information content (AvgIpc) is 3.56. The molecule has 208 valence electrons. The molecule has 0 aliphatic heterocycles. The van der Waals surface area contributed by atoms with Gasteiger partial charge in [-0.25, -0.2) is 9.78 Å². The van der Waals surface area contributed by atoms with Gasteiger partial charge in [-0.3, -0.25) is 9.59 Å². The highest BCUT2D eigenvalue weighted by atomic mass is 32.1. The summed E-state index contributed by atoms with van der Waals surface area (Å²) >= 11 is 1.05. The zero-order valence-electron chi connectivity index (χ0n) is 22.4. The SMILES string of the molecule is COc1ccc(CCCOC(=O)c2sc(NC(=O)CCNC(=O)c3cccc(-c4noc(C)n4)c3)nc2C)cc1. The van der Waals surface area contributed by atoms with Crippen LogP contribution >= 0.6 is 11.3 Å². The Morgan fingerprint density at radius 3 is 2.58 bits per heavy atom. The Kier molecular flexibility index (Phi) is 9.57. The Bertz CT molecular complexity index is 1480. The number of nitrogens with zero attached hydrogens (tertiary/aromatic N) is 3. The van der Waals surface area contributed by atoms with Crippen LogP contribution in [-0.4, -0.2) is 53.2 Å². The first-order valence-corrected chi connectivity index (χ1v) is 13.4. The van der Waals surface area contributed by atoms with Crippen molar-refractivity contribution in [2.24, 2.45) is 0 Å². The van der Waals surface area contributed by atoms with Gasteiger partial charge in [-0.1, -0.05) is 40.8 Å². The zero-order chi connectivity index (χ0) is 28.5. The maximum atomic E-state index is 12.5. The standard InChI is InChI=1S/C28H29N5O6S/c1-17-24(27(36)38-15-5-6-19-9-11-22(37-3)12-10-19)40-28(30-17)32-23(34)13-14-29-26(35)21-8-4-7-20(16-21)25-31-18(2)39-33-25/h4,7-12,16H,5-6,13-15H2,1-3H3,(H,29,35)(H,30,32,34). The topological polar surface area (TPSA) is 146 Å². The highest BCUT2D eigenvalue weighted by Crippen LogP contribution is 2.24. The number of hydrogen-bond donors (Lipinski definition) is 2. The number of benzene rings is 2. The molecule has 40 heavy (non-hydrogen) atoms. The minimum absolute atomic E-state index is 0.0270. The first kappa shape index (κ1) is 28.4. The number of esters is 1. The van der Waals surface area contributed by atoms with Gasteiger partial charge < -0.3 is 24.6 Å². The molecule has 2 aromatic carbocycles. The van der Waals surface area contributed by atoms with Crippen molar-refractivity contribution in [3.05, 3.63) is 76.1 Å². The molecule has 0 radical (unpaired) electrons. The van der Waals surface area contributed by atoms with E-state index in [4.69, 9.17) is 14.0 Å². The molecule has 0 saturated carbocycles. The molecule has 0 saturated heterocycles. The molecule has 0 aliphatic carbocycles. The number of carbonyl (C=O) groups excluding carboxylic acids is 3. The van der Waals surface area contributed by atoms with Crippen LogP contribution in [0.2, 0.25) is 0 Å². The number of anilines is 1. The third-order valence-electron chi connectivity index (χ3n) is 5.78. The number of nitrogens with one attached hydrogen (secondary N) is 2. The monoisotopic (exact) mass is 563 g/mol. The Labute approximate surface area is 234 Å². The average molecular weight is 564 g/mol. The summed E-state index contributed by atoms with van der Waals surface area (Å²) < 4.78 is 15.5. The molecule has 4 rings (SSSR count). The van der Waals surface area contributed by atoms with Crippen molar-refractivity contribution in [3.63, 3.8) is 0 Å². The molecule has 0 bridgehead atoms. The third kappa shape index (κ3) is 7.73. The van der Waals surface area contributed by atoms with Crippen LogP contribution in [0.25, 0.3) is 11.4 Å². The molecule has 2 aromatic heterocycles. The maximum absolute atomic E-state index is 12.5. The van der Waals surface area contributed by atoms with Gasteiger partial charge in [-0.05, 0) is 49.6 Å². The molecule has 0 unspecified atom stereocenters. The Balaban J connectivity index is 1.19. The van der Waals surface area contributed by atoms with Crippen LogP contribution < -0.4 is 15.4 Å². The summed E-state index contributed by atoms with van der Waals surface area (Å²) in [5.74, 6) is 0.456. The lowest BCUT2D eigenvalue weighted by Gasteiger charge is -2.06.